The zero-order valence-electron chi connectivity index (χ0n) is 15.6. The molecule has 1 aliphatic rings. The van der Waals surface area contributed by atoms with Crippen LogP contribution in [0.5, 0.6) is 0 Å². The summed E-state index contributed by atoms with van der Waals surface area (Å²) in [7, 11) is 0. The van der Waals surface area contributed by atoms with Crippen LogP contribution in [-0.2, 0) is 14.3 Å². The minimum atomic E-state index is -1.09. The van der Waals surface area contributed by atoms with Gasteiger partial charge in [-0.1, -0.05) is 18.2 Å². The van der Waals surface area contributed by atoms with E-state index in [9.17, 15) is 24.3 Å². The zero-order valence-corrected chi connectivity index (χ0v) is 16.4. The van der Waals surface area contributed by atoms with E-state index >= 15 is 0 Å². The second kappa shape index (κ2) is 8.36. The summed E-state index contributed by atoms with van der Waals surface area (Å²) >= 11 is 0.690. The molecule has 0 spiro atoms. The third-order valence-corrected chi connectivity index (χ3v) is 5.05. The first-order valence-electron chi connectivity index (χ1n) is 8.69. The molecule has 0 aliphatic carbocycles. The van der Waals surface area contributed by atoms with E-state index in [1.807, 2.05) is 0 Å². The SMILES string of the molecule is CCOC(=O)[C@H](C)N1C(=O)S/C(=C/c2ccc(-c3ccccc3C(=O)O)o2)C1=O. The lowest BCUT2D eigenvalue weighted by Crippen LogP contribution is -2.42. The van der Waals surface area contributed by atoms with Crippen LogP contribution in [0.4, 0.5) is 4.79 Å². The highest BCUT2D eigenvalue weighted by atomic mass is 32.2. The smallest absolute Gasteiger partial charge is 0.336 e. The average molecular weight is 415 g/mol. The molecule has 150 valence electrons. The lowest BCUT2D eigenvalue weighted by molar-refractivity contribution is -0.150. The first-order valence-corrected chi connectivity index (χ1v) is 9.51. The predicted molar refractivity (Wildman–Crippen MR) is 105 cm³/mol. The summed E-state index contributed by atoms with van der Waals surface area (Å²) < 4.78 is 10.5. The van der Waals surface area contributed by atoms with Gasteiger partial charge in [0.25, 0.3) is 11.1 Å². The van der Waals surface area contributed by atoms with Crippen LogP contribution in [-0.4, -0.2) is 45.7 Å². The van der Waals surface area contributed by atoms with Gasteiger partial charge in [0, 0.05) is 11.6 Å². The second-order valence-electron chi connectivity index (χ2n) is 6.03. The number of furan rings is 1. The van der Waals surface area contributed by atoms with E-state index in [1.54, 1.807) is 37.3 Å². The van der Waals surface area contributed by atoms with Crippen LogP contribution in [0.3, 0.4) is 0 Å². The normalized spacial score (nSPS) is 16.3. The number of carbonyl (C=O) groups excluding carboxylic acids is 3. The van der Waals surface area contributed by atoms with Crippen molar-refractivity contribution >= 4 is 40.9 Å². The highest BCUT2D eigenvalue weighted by Gasteiger charge is 2.41. The Morgan fingerprint density at radius 3 is 2.66 bits per heavy atom. The van der Waals surface area contributed by atoms with Gasteiger partial charge < -0.3 is 14.3 Å². The molecular weight excluding hydrogens is 398 g/mol. The topological polar surface area (TPSA) is 114 Å². The van der Waals surface area contributed by atoms with Crippen molar-refractivity contribution in [2.24, 2.45) is 0 Å². The predicted octanol–water partition coefficient (Wildman–Crippen LogP) is 3.63. The first kappa shape index (κ1) is 20.4. The molecule has 1 aliphatic heterocycles. The third-order valence-electron chi connectivity index (χ3n) is 4.16. The van der Waals surface area contributed by atoms with E-state index in [4.69, 9.17) is 9.15 Å². The molecule has 0 radical (unpaired) electrons. The van der Waals surface area contributed by atoms with Gasteiger partial charge in [0.2, 0.25) is 0 Å². The summed E-state index contributed by atoms with van der Waals surface area (Å²) in [4.78, 5) is 49.0. The van der Waals surface area contributed by atoms with Crippen molar-refractivity contribution < 1.29 is 33.4 Å². The fourth-order valence-electron chi connectivity index (χ4n) is 2.77. The summed E-state index contributed by atoms with van der Waals surface area (Å²) in [5.74, 6) is -1.79. The number of carboxylic acids is 1. The zero-order chi connectivity index (χ0) is 21.1. The fourth-order valence-corrected chi connectivity index (χ4v) is 3.66. The summed E-state index contributed by atoms with van der Waals surface area (Å²) in [6.07, 6.45) is 1.38. The molecule has 1 aromatic heterocycles. The Labute approximate surface area is 170 Å². The fraction of sp³-hybridized carbons (Fsp3) is 0.200. The molecule has 9 heteroatoms. The Bertz CT molecular complexity index is 1020. The van der Waals surface area contributed by atoms with E-state index in [0.29, 0.717) is 23.1 Å². The van der Waals surface area contributed by atoms with Gasteiger partial charge in [0.1, 0.15) is 17.6 Å². The molecule has 2 aromatic rings. The Hall–Kier alpha value is -3.33. The minimum absolute atomic E-state index is 0.0805. The second-order valence-corrected chi connectivity index (χ2v) is 7.03. The molecule has 0 saturated carbocycles. The number of ether oxygens (including phenoxy) is 1. The minimum Gasteiger partial charge on any atom is -0.478 e. The number of aromatic carboxylic acids is 1. The van der Waals surface area contributed by atoms with Crippen molar-refractivity contribution in [2.75, 3.05) is 6.61 Å². The lowest BCUT2D eigenvalue weighted by Gasteiger charge is -2.19. The number of thioether (sulfide) groups is 1. The molecule has 0 bridgehead atoms. The molecular formula is C20H17NO7S. The number of esters is 1. The number of rotatable bonds is 6. The number of hydrogen-bond acceptors (Lipinski definition) is 7. The molecule has 2 amide bonds. The molecule has 29 heavy (non-hydrogen) atoms. The molecule has 0 unspecified atom stereocenters. The van der Waals surface area contributed by atoms with Gasteiger partial charge >= 0.3 is 11.9 Å². The van der Waals surface area contributed by atoms with E-state index in [-0.39, 0.29) is 22.8 Å². The molecule has 1 atom stereocenters. The number of carbonyl (C=O) groups is 4. The number of benzene rings is 1. The highest BCUT2D eigenvalue weighted by Crippen LogP contribution is 2.35. The molecule has 1 N–H and O–H groups in total. The monoisotopic (exact) mass is 415 g/mol. The van der Waals surface area contributed by atoms with Gasteiger partial charge in [-0.25, -0.2) is 9.59 Å². The maximum absolute atomic E-state index is 12.6. The standard InChI is InChI=1S/C20H17NO7S/c1-3-27-19(25)11(2)21-17(22)16(29-20(21)26)10-12-8-9-15(28-12)13-6-4-5-7-14(13)18(23)24/h4-11H,3H2,1-2H3,(H,23,24)/b16-10+/t11-/m0/s1. The van der Waals surface area contributed by atoms with Gasteiger partial charge in [0.15, 0.2) is 0 Å². The Morgan fingerprint density at radius 1 is 1.24 bits per heavy atom. The molecule has 1 aromatic carbocycles. The number of imide groups is 1. The number of nitrogens with zero attached hydrogens (tertiary/aromatic N) is 1. The van der Waals surface area contributed by atoms with Crippen molar-refractivity contribution in [3.05, 3.63) is 52.6 Å². The average Bonchev–Trinajstić information content (AvgIpc) is 3.26. The highest BCUT2D eigenvalue weighted by molar-refractivity contribution is 8.18. The maximum atomic E-state index is 12.6. The number of hydrogen-bond donors (Lipinski definition) is 1. The van der Waals surface area contributed by atoms with Crippen LogP contribution < -0.4 is 0 Å². The van der Waals surface area contributed by atoms with Gasteiger partial charge in [-0.05, 0) is 43.8 Å². The largest absolute Gasteiger partial charge is 0.478 e. The van der Waals surface area contributed by atoms with E-state index in [1.165, 1.54) is 19.1 Å². The summed E-state index contributed by atoms with van der Waals surface area (Å²) in [6.45, 7) is 3.20. The molecule has 8 nitrogen and oxygen atoms in total. The van der Waals surface area contributed by atoms with Crippen molar-refractivity contribution in [3.8, 4) is 11.3 Å². The van der Waals surface area contributed by atoms with E-state index in [2.05, 4.69) is 0 Å². The van der Waals surface area contributed by atoms with Crippen LogP contribution in [0.2, 0.25) is 0 Å². The molecule has 1 saturated heterocycles. The number of amides is 2. The first-order chi connectivity index (χ1) is 13.8. The van der Waals surface area contributed by atoms with Gasteiger partial charge in [-0.2, -0.15) is 0 Å². The van der Waals surface area contributed by atoms with Crippen LogP contribution in [0.1, 0.15) is 30.0 Å². The van der Waals surface area contributed by atoms with Crippen LogP contribution >= 0.6 is 11.8 Å². The molecule has 3 rings (SSSR count). The van der Waals surface area contributed by atoms with E-state index < -0.39 is 29.1 Å². The number of carboxylic acid groups (broad SMARTS) is 1. The van der Waals surface area contributed by atoms with Gasteiger partial charge in [-0.15, -0.1) is 0 Å². The van der Waals surface area contributed by atoms with E-state index in [0.717, 1.165) is 4.90 Å². The quantitative estimate of drug-likeness (QED) is 0.562. The Balaban J connectivity index is 1.86. The molecule has 2 heterocycles. The van der Waals surface area contributed by atoms with Crippen molar-refractivity contribution in [1.82, 2.24) is 4.90 Å². The van der Waals surface area contributed by atoms with Crippen molar-refractivity contribution in [2.45, 2.75) is 19.9 Å². The lowest BCUT2D eigenvalue weighted by atomic mass is 10.1. The van der Waals surface area contributed by atoms with Crippen LogP contribution in [0, 0.1) is 0 Å². The third kappa shape index (κ3) is 4.09. The summed E-state index contributed by atoms with van der Waals surface area (Å²) in [5, 5.41) is 8.73. The van der Waals surface area contributed by atoms with Crippen molar-refractivity contribution in [3.63, 3.8) is 0 Å². The van der Waals surface area contributed by atoms with Crippen LogP contribution in [0.25, 0.3) is 17.4 Å². The molecule has 1 fully saturated rings. The van der Waals surface area contributed by atoms with Gasteiger partial charge in [0.05, 0.1) is 17.1 Å². The van der Waals surface area contributed by atoms with Crippen LogP contribution in [0.15, 0.2) is 45.7 Å². The summed E-state index contributed by atoms with van der Waals surface area (Å²) in [6, 6.07) is 8.48. The maximum Gasteiger partial charge on any atom is 0.336 e. The van der Waals surface area contributed by atoms with Gasteiger partial charge in [-0.3, -0.25) is 14.5 Å². The Morgan fingerprint density at radius 2 is 1.97 bits per heavy atom. The summed E-state index contributed by atoms with van der Waals surface area (Å²) in [5.41, 5.74) is 0.473. The van der Waals surface area contributed by atoms with Crippen molar-refractivity contribution in [1.29, 1.82) is 0 Å². The Kier molecular flexibility index (Phi) is 5.88.